The molecule has 2 aromatic carbocycles. The van der Waals surface area contributed by atoms with Crippen LogP contribution in [-0.4, -0.2) is 12.9 Å². The highest BCUT2D eigenvalue weighted by Crippen LogP contribution is 2.39. The average Bonchev–Trinajstić information content (AvgIpc) is 2.89. The minimum Gasteiger partial charge on any atom is -0.492 e. The largest absolute Gasteiger partial charge is 0.492 e. The number of hydrogen-bond donors (Lipinski definition) is 0. The van der Waals surface area contributed by atoms with Crippen LogP contribution in [0.25, 0.3) is 0 Å². The number of fused-ring (bicyclic) bond motifs is 1. The summed E-state index contributed by atoms with van der Waals surface area (Å²) in [5.74, 6) is 1.15. The van der Waals surface area contributed by atoms with E-state index >= 15 is 0 Å². The maximum atomic E-state index is 10.9. The van der Waals surface area contributed by atoms with Gasteiger partial charge in [0, 0.05) is 17.0 Å². The van der Waals surface area contributed by atoms with E-state index in [1.54, 1.807) is 6.07 Å². The van der Waals surface area contributed by atoms with Crippen molar-refractivity contribution in [1.29, 1.82) is 0 Å². The molecule has 2 aromatic rings. The number of carbonyl (C=O) groups excluding carboxylic acids is 1. The molecule has 3 rings (SSSR count). The maximum Gasteiger partial charge on any atom is 0.150 e. The third kappa shape index (κ3) is 2.03. The molecule has 0 saturated heterocycles. The van der Waals surface area contributed by atoms with Crippen LogP contribution in [0.3, 0.4) is 0 Å². The molecule has 1 aliphatic heterocycles. The van der Waals surface area contributed by atoms with E-state index in [1.165, 1.54) is 11.1 Å². The first-order chi connectivity index (χ1) is 9.33. The zero-order valence-electron chi connectivity index (χ0n) is 10.9. The second-order valence-electron chi connectivity index (χ2n) is 4.83. The number of ether oxygens (including phenoxy) is 1. The Morgan fingerprint density at radius 1 is 1.21 bits per heavy atom. The van der Waals surface area contributed by atoms with Crippen LogP contribution in [0.2, 0.25) is 0 Å². The van der Waals surface area contributed by atoms with Gasteiger partial charge in [0.15, 0.2) is 0 Å². The van der Waals surface area contributed by atoms with Crippen LogP contribution in [0.15, 0.2) is 42.5 Å². The number of aldehydes is 1. The number of aryl methyl sites for hydroxylation is 1. The SMILES string of the molecule is CCc1ccccc1C1COc2ccc(C=O)cc21. The van der Waals surface area contributed by atoms with Crippen LogP contribution < -0.4 is 4.74 Å². The average molecular weight is 252 g/mol. The van der Waals surface area contributed by atoms with Gasteiger partial charge in [0.05, 0.1) is 6.61 Å². The topological polar surface area (TPSA) is 26.3 Å². The summed E-state index contributed by atoms with van der Waals surface area (Å²) in [4.78, 5) is 10.9. The Kier molecular flexibility index (Phi) is 3.08. The lowest BCUT2D eigenvalue weighted by Crippen LogP contribution is -2.05. The molecule has 2 heteroatoms. The van der Waals surface area contributed by atoms with Crippen molar-refractivity contribution in [1.82, 2.24) is 0 Å². The first-order valence-electron chi connectivity index (χ1n) is 6.63. The monoisotopic (exact) mass is 252 g/mol. The molecule has 0 spiro atoms. The summed E-state index contributed by atoms with van der Waals surface area (Å²) in [6.45, 7) is 2.83. The number of benzene rings is 2. The molecule has 1 unspecified atom stereocenters. The molecular formula is C17H16O2. The van der Waals surface area contributed by atoms with Crippen LogP contribution in [0.1, 0.15) is 39.9 Å². The molecule has 1 aliphatic rings. The predicted octanol–water partition coefficient (Wildman–Crippen LogP) is 3.59. The second kappa shape index (κ2) is 4.88. The zero-order chi connectivity index (χ0) is 13.2. The number of carbonyl (C=O) groups is 1. The smallest absolute Gasteiger partial charge is 0.150 e. The van der Waals surface area contributed by atoms with Crippen molar-refractivity contribution in [3.05, 3.63) is 64.7 Å². The first kappa shape index (κ1) is 12.0. The maximum absolute atomic E-state index is 10.9. The Labute approximate surface area is 113 Å². The molecule has 0 amide bonds. The van der Waals surface area contributed by atoms with Gasteiger partial charge in [0.2, 0.25) is 0 Å². The molecule has 0 aromatic heterocycles. The number of rotatable bonds is 3. The van der Waals surface area contributed by atoms with Gasteiger partial charge in [-0.3, -0.25) is 4.79 Å². The Morgan fingerprint density at radius 3 is 2.84 bits per heavy atom. The highest BCUT2D eigenvalue weighted by atomic mass is 16.5. The molecule has 0 N–H and O–H groups in total. The van der Waals surface area contributed by atoms with E-state index in [0.717, 1.165) is 24.0 Å². The lowest BCUT2D eigenvalue weighted by Gasteiger charge is -2.14. The van der Waals surface area contributed by atoms with Gasteiger partial charge in [0.25, 0.3) is 0 Å². The summed E-state index contributed by atoms with van der Waals surface area (Å²) in [5.41, 5.74) is 4.50. The van der Waals surface area contributed by atoms with E-state index < -0.39 is 0 Å². The van der Waals surface area contributed by atoms with E-state index in [4.69, 9.17) is 4.74 Å². The minimum atomic E-state index is 0.242. The van der Waals surface area contributed by atoms with Gasteiger partial charge in [-0.1, -0.05) is 31.2 Å². The van der Waals surface area contributed by atoms with Crippen molar-refractivity contribution in [2.45, 2.75) is 19.3 Å². The fourth-order valence-corrected chi connectivity index (χ4v) is 2.76. The summed E-state index contributed by atoms with van der Waals surface area (Å²) < 4.78 is 5.75. The lowest BCUT2D eigenvalue weighted by molar-refractivity contribution is 0.112. The van der Waals surface area contributed by atoms with Crippen molar-refractivity contribution >= 4 is 6.29 Å². The minimum absolute atomic E-state index is 0.242. The van der Waals surface area contributed by atoms with Crippen LogP contribution in [0.5, 0.6) is 5.75 Å². The molecule has 96 valence electrons. The standard InChI is InChI=1S/C17H16O2/c1-2-13-5-3-4-6-14(13)16-11-19-17-8-7-12(10-18)9-15(16)17/h3-10,16H,2,11H2,1H3. The molecule has 1 heterocycles. The van der Waals surface area contributed by atoms with Gasteiger partial charge in [-0.2, -0.15) is 0 Å². The normalized spacial score (nSPS) is 16.8. The molecule has 2 nitrogen and oxygen atoms in total. The van der Waals surface area contributed by atoms with Crippen LogP contribution in [0, 0.1) is 0 Å². The molecule has 19 heavy (non-hydrogen) atoms. The van der Waals surface area contributed by atoms with Crippen molar-refractivity contribution < 1.29 is 9.53 Å². The number of hydrogen-bond acceptors (Lipinski definition) is 2. The van der Waals surface area contributed by atoms with Crippen LogP contribution in [-0.2, 0) is 6.42 Å². The fraction of sp³-hybridized carbons (Fsp3) is 0.235. The van der Waals surface area contributed by atoms with Crippen molar-refractivity contribution in [3.8, 4) is 5.75 Å². The third-order valence-electron chi connectivity index (χ3n) is 3.76. The van der Waals surface area contributed by atoms with E-state index in [-0.39, 0.29) is 5.92 Å². The van der Waals surface area contributed by atoms with Crippen LogP contribution >= 0.6 is 0 Å². The van der Waals surface area contributed by atoms with Gasteiger partial charge in [-0.25, -0.2) is 0 Å². The molecule has 0 saturated carbocycles. The van der Waals surface area contributed by atoms with E-state index in [1.807, 2.05) is 12.1 Å². The Morgan fingerprint density at radius 2 is 2.05 bits per heavy atom. The van der Waals surface area contributed by atoms with E-state index in [2.05, 4.69) is 31.2 Å². The predicted molar refractivity (Wildman–Crippen MR) is 75.0 cm³/mol. The van der Waals surface area contributed by atoms with Crippen molar-refractivity contribution in [2.24, 2.45) is 0 Å². The molecule has 1 atom stereocenters. The van der Waals surface area contributed by atoms with Gasteiger partial charge >= 0.3 is 0 Å². The van der Waals surface area contributed by atoms with Gasteiger partial charge in [-0.15, -0.1) is 0 Å². The lowest BCUT2D eigenvalue weighted by atomic mass is 9.88. The third-order valence-corrected chi connectivity index (χ3v) is 3.76. The highest BCUT2D eigenvalue weighted by Gasteiger charge is 2.27. The second-order valence-corrected chi connectivity index (χ2v) is 4.83. The Hall–Kier alpha value is -2.09. The van der Waals surface area contributed by atoms with Gasteiger partial charge in [-0.05, 0) is 35.7 Å². The Bertz CT molecular complexity index is 616. The van der Waals surface area contributed by atoms with Crippen molar-refractivity contribution in [2.75, 3.05) is 6.61 Å². The quantitative estimate of drug-likeness (QED) is 0.780. The molecule has 0 bridgehead atoms. The summed E-state index contributed by atoms with van der Waals surface area (Å²) in [7, 11) is 0. The fourth-order valence-electron chi connectivity index (χ4n) is 2.76. The highest BCUT2D eigenvalue weighted by molar-refractivity contribution is 5.76. The Balaban J connectivity index is 2.08. The summed E-state index contributed by atoms with van der Waals surface area (Å²) in [6.07, 6.45) is 1.90. The summed E-state index contributed by atoms with van der Waals surface area (Å²) in [6, 6.07) is 14.1. The van der Waals surface area contributed by atoms with Gasteiger partial charge < -0.3 is 4.74 Å². The summed E-state index contributed by atoms with van der Waals surface area (Å²) >= 11 is 0. The zero-order valence-corrected chi connectivity index (χ0v) is 10.9. The molecule has 0 aliphatic carbocycles. The molecule has 0 radical (unpaired) electrons. The molecular weight excluding hydrogens is 236 g/mol. The summed E-state index contributed by atoms with van der Waals surface area (Å²) in [5, 5.41) is 0. The molecule has 0 fully saturated rings. The van der Waals surface area contributed by atoms with Crippen LogP contribution in [0.4, 0.5) is 0 Å². The van der Waals surface area contributed by atoms with E-state index in [0.29, 0.717) is 12.2 Å². The van der Waals surface area contributed by atoms with Crippen molar-refractivity contribution in [3.63, 3.8) is 0 Å². The van der Waals surface area contributed by atoms with E-state index in [9.17, 15) is 4.79 Å². The first-order valence-corrected chi connectivity index (χ1v) is 6.63. The van der Waals surface area contributed by atoms with Gasteiger partial charge in [0.1, 0.15) is 12.0 Å².